The van der Waals surface area contributed by atoms with Crippen molar-refractivity contribution >= 4 is 11.7 Å². The molecule has 0 spiro atoms. The second-order valence-electron chi connectivity index (χ2n) is 4.65. The second-order valence-corrected chi connectivity index (χ2v) is 4.65. The molecule has 1 aliphatic rings. The highest BCUT2D eigenvalue weighted by atomic mass is 16.4. The fourth-order valence-corrected chi connectivity index (χ4v) is 2.07. The number of pyridine rings is 1. The molecule has 1 aliphatic carbocycles. The van der Waals surface area contributed by atoms with E-state index in [-0.39, 0.29) is 5.69 Å². The highest BCUT2D eigenvalue weighted by molar-refractivity contribution is 5.85. The first-order valence-corrected chi connectivity index (χ1v) is 6.22. The molecule has 0 aromatic carbocycles. The second kappa shape index (κ2) is 4.76. The van der Waals surface area contributed by atoms with E-state index in [9.17, 15) is 4.79 Å². The van der Waals surface area contributed by atoms with E-state index < -0.39 is 5.97 Å². The first kappa shape index (κ1) is 11.8. The SMILES string of the molecule is O=C(O)c1ccc(N(Cc2ccco2)C2CC2)cn1. The number of carboxylic acids is 1. The molecule has 2 heterocycles. The third-order valence-corrected chi connectivity index (χ3v) is 3.19. The third-order valence-electron chi connectivity index (χ3n) is 3.19. The summed E-state index contributed by atoms with van der Waals surface area (Å²) >= 11 is 0. The zero-order valence-electron chi connectivity index (χ0n) is 10.3. The van der Waals surface area contributed by atoms with E-state index in [0.717, 1.165) is 24.3 Å². The minimum Gasteiger partial charge on any atom is -0.477 e. The van der Waals surface area contributed by atoms with Crippen molar-refractivity contribution in [2.24, 2.45) is 0 Å². The monoisotopic (exact) mass is 258 g/mol. The number of furan rings is 1. The van der Waals surface area contributed by atoms with Crippen LogP contribution in [0.3, 0.4) is 0 Å². The van der Waals surface area contributed by atoms with E-state index in [2.05, 4.69) is 9.88 Å². The minimum atomic E-state index is -1.00. The Morgan fingerprint density at radius 3 is 2.79 bits per heavy atom. The maximum Gasteiger partial charge on any atom is 0.354 e. The predicted octanol–water partition coefficient (Wildman–Crippen LogP) is 2.54. The number of aromatic carboxylic acids is 1. The van der Waals surface area contributed by atoms with Gasteiger partial charge in [-0.05, 0) is 37.1 Å². The van der Waals surface area contributed by atoms with Crippen molar-refractivity contribution in [3.05, 3.63) is 48.2 Å². The highest BCUT2D eigenvalue weighted by Crippen LogP contribution is 2.32. The topological polar surface area (TPSA) is 66.6 Å². The number of anilines is 1. The lowest BCUT2D eigenvalue weighted by Gasteiger charge is -2.23. The standard InChI is InChI=1S/C14H14N2O3/c17-14(18)13-6-5-11(8-15-13)16(10-3-4-10)9-12-2-1-7-19-12/h1-2,5-8,10H,3-4,9H2,(H,17,18). The van der Waals surface area contributed by atoms with Gasteiger partial charge in [0.1, 0.15) is 11.5 Å². The molecule has 2 aromatic rings. The maximum atomic E-state index is 10.8. The zero-order valence-corrected chi connectivity index (χ0v) is 10.3. The molecule has 3 rings (SSSR count). The van der Waals surface area contributed by atoms with E-state index in [4.69, 9.17) is 9.52 Å². The van der Waals surface area contributed by atoms with E-state index >= 15 is 0 Å². The van der Waals surface area contributed by atoms with Gasteiger partial charge in [0.2, 0.25) is 0 Å². The summed E-state index contributed by atoms with van der Waals surface area (Å²) in [4.78, 5) is 17.0. The summed E-state index contributed by atoms with van der Waals surface area (Å²) in [6.07, 6.45) is 5.58. The van der Waals surface area contributed by atoms with Gasteiger partial charge in [-0.1, -0.05) is 0 Å². The van der Waals surface area contributed by atoms with E-state index in [0.29, 0.717) is 12.6 Å². The largest absolute Gasteiger partial charge is 0.477 e. The van der Waals surface area contributed by atoms with Gasteiger partial charge in [0.15, 0.2) is 0 Å². The number of aromatic nitrogens is 1. The number of carbonyl (C=O) groups is 1. The molecule has 0 saturated heterocycles. The molecule has 1 saturated carbocycles. The van der Waals surface area contributed by atoms with Crippen LogP contribution in [-0.4, -0.2) is 22.1 Å². The fourth-order valence-electron chi connectivity index (χ4n) is 2.07. The molecule has 1 fully saturated rings. The summed E-state index contributed by atoms with van der Waals surface area (Å²) in [7, 11) is 0. The van der Waals surface area contributed by atoms with Crippen LogP contribution in [0.4, 0.5) is 5.69 Å². The van der Waals surface area contributed by atoms with Gasteiger partial charge >= 0.3 is 5.97 Å². The van der Waals surface area contributed by atoms with E-state index in [1.807, 2.05) is 12.1 Å². The van der Waals surface area contributed by atoms with Crippen molar-refractivity contribution in [3.63, 3.8) is 0 Å². The normalized spacial score (nSPS) is 14.3. The molecular weight excluding hydrogens is 244 g/mol. The highest BCUT2D eigenvalue weighted by Gasteiger charge is 2.30. The Morgan fingerprint density at radius 1 is 1.42 bits per heavy atom. The molecule has 5 nitrogen and oxygen atoms in total. The lowest BCUT2D eigenvalue weighted by Crippen LogP contribution is -2.25. The fraction of sp³-hybridized carbons (Fsp3) is 0.286. The average Bonchev–Trinajstić information content (AvgIpc) is 3.13. The van der Waals surface area contributed by atoms with Crippen LogP contribution in [0.1, 0.15) is 29.1 Å². The van der Waals surface area contributed by atoms with Gasteiger partial charge in [-0.15, -0.1) is 0 Å². The molecule has 0 unspecified atom stereocenters. The van der Waals surface area contributed by atoms with Gasteiger partial charge in [0.05, 0.1) is 24.7 Å². The predicted molar refractivity (Wildman–Crippen MR) is 69.1 cm³/mol. The van der Waals surface area contributed by atoms with Crippen LogP contribution in [0.25, 0.3) is 0 Å². The van der Waals surface area contributed by atoms with Crippen molar-refractivity contribution < 1.29 is 14.3 Å². The molecule has 0 aliphatic heterocycles. The van der Waals surface area contributed by atoms with Gasteiger partial charge in [-0.2, -0.15) is 0 Å². The van der Waals surface area contributed by atoms with Crippen LogP contribution in [0.5, 0.6) is 0 Å². The Hall–Kier alpha value is -2.30. The van der Waals surface area contributed by atoms with E-state index in [1.165, 1.54) is 6.07 Å². The number of hydrogen-bond acceptors (Lipinski definition) is 4. The summed E-state index contributed by atoms with van der Waals surface area (Å²) in [5.74, 6) is -0.107. The Morgan fingerprint density at radius 2 is 2.26 bits per heavy atom. The number of hydrogen-bond donors (Lipinski definition) is 1. The van der Waals surface area contributed by atoms with Crippen LogP contribution in [0, 0.1) is 0 Å². The molecule has 5 heteroatoms. The quantitative estimate of drug-likeness (QED) is 0.892. The Balaban J connectivity index is 1.81. The summed E-state index contributed by atoms with van der Waals surface area (Å²) in [6.45, 7) is 0.686. The van der Waals surface area contributed by atoms with Gasteiger partial charge in [-0.3, -0.25) is 0 Å². The van der Waals surface area contributed by atoms with Gasteiger partial charge in [-0.25, -0.2) is 9.78 Å². The Kier molecular flexibility index (Phi) is 2.95. The van der Waals surface area contributed by atoms with Crippen molar-refractivity contribution in [3.8, 4) is 0 Å². The number of rotatable bonds is 5. The Bertz CT molecular complexity index is 559. The van der Waals surface area contributed by atoms with E-state index in [1.54, 1.807) is 18.5 Å². The van der Waals surface area contributed by atoms with Crippen molar-refractivity contribution in [1.82, 2.24) is 4.98 Å². The molecule has 2 aromatic heterocycles. The van der Waals surface area contributed by atoms with Crippen LogP contribution >= 0.6 is 0 Å². The summed E-state index contributed by atoms with van der Waals surface area (Å²) < 4.78 is 5.37. The van der Waals surface area contributed by atoms with Gasteiger partial charge in [0.25, 0.3) is 0 Å². The summed E-state index contributed by atoms with van der Waals surface area (Å²) in [5, 5.41) is 8.85. The molecule has 98 valence electrons. The van der Waals surface area contributed by atoms with Crippen molar-refractivity contribution in [1.29, 1.82) is 0 Å². The molecule has 0 atom stereocenters. The summed E-state index contributed by atoms with van der Waals surface area (Å²) in [6, 6.07) is 7.65. The van der Waals surface area contributed by atoms with Gasteiger partial charge < -0.3 is 14.4 Å². The lowest BCUT2D eigenvalue weighted by atomic mass is 10.3. The smallest absolute Gasteiger partial charge is 0.354 e. The van der Waals surface area contributed by atoms with Crippen molar-refractivity contribution in [2.75, 3.05) is 4.90 Å². The molecule has 0 amide bonds. The molecule has 19 heavy (non-hydrogen) atoms. The zero-order chi connectivity index (χ0) is 13.2. The lowest BCUT2D eigenvalue weighted by molar-refractivity contribution is 0.0690. The number of carboxylic acid groups (broad SMARTS) is 1. The average molecular weight is 258 g/mol. The van der Waals surface area contributed by atoms with Crippen LogP contribution in [-0.2, 0) is 6.54 Å². The molecule has 0 bridgehead atoms. The molecule has 1 N–H and O–H groups in total. The Labute approximate surface area is 110 Å². The van der Waals surface area contributed by atoms with Crippen LogP contribution in [0.15, 0.2) is 41.1 Å². The first-order chi connectivity index (χ1) is 9.24. The minimum absolute atomic E-state index is 0.0671. The molecular formula is C14H14N2O3. The molecule has 0 radical (unpaired) electrons. The number of nitrogens with zero attached hydrogens (tertiary/aromatic N) is 2. The first-order valence-electron chi connectivity index (χ1n) is 6.22. The van der Waals surface area contributed by atoms with Crippen LogP contribution < -0.4 is 4.90 Å². The third kappa shape index (κ3) is 2.59. The maximum absolute atomic E-state index is 10.8. The van der Waals surface area contributed by atoms with Gasteiger partial charge in [0, 0.05) is 6.04 Å². The van der Waals surface area contributed by atoms with Crippen molar-refractivity contribution in [2.45, 2.75) is 25.4 Å². The van der Waals surface area contributed by atoms with Crippen LogP contribution in [0.2, 0.25) is 0 Å². The summed E-state index contributed by atoms with van der Waals surface area (Å²) in [5.41, 5.74) is 1.00.